The van der Waals surface area contributed by atoms with Crippen LogP contribution in [0.3, 0.4) is 0 Å². The lowest BCUT2D eigenvalue weighted by atomic mass is 9.95. The highest BCUT2D eigenvalue weighted by Crippen LogP contribution is 2.25. The lowest BCUT2D eigenvalue weighted by molar-refractivity contribution is -0.134. The van der Waals surface area contributed by atoms with Crippen LogP contribution < -0.4 is 10.5 Å². The van der Waals surface area contributed by atoms with E-state index in [1.165, 1.54) is 11.1 Å². The third kappa shape index (κ3) is 3.80. The Balaban J connectivity index is 2.04. The Labute approximate surface area is 133 Å². The topological polar surface area (TPSA) is 55.6 Å². The maximum atomic E-state index is 12.5. The van der Waals surface area contributed by atoms with Crippen molar-refractivity contribution < 1.29 is 9.53 Å². The molecular formula is C18H28N2O2. The van der Waals surface area contributed by atoms with Gasteiger partial charge in [-0.3, -0.25) is 4.79 Å². The maximum Gasteiger partial charge on any atom is 0.240 e. The Kier molecular flexibility index (Phi) is 5.83. The molecule has 0 bridgehead atoms. The van der Waals surface area contributed by atoms with Gasteiger partial charge in [0.2, 0.25) is 5.91 Å². The van der Waals surface area contributed by atoms with Crippen molar-refractivity contribution in [2.45, 2.75) is 52.6 Å². The zero-order valence-electron chi connectivity index (χ0n) is 14.0. The fraction of sp³-hybridized carbons (Fsp3) is 0.611. The van der Waals surface area contributed by atoms with Crippen LogP contribution in [0.25, 0.3) is 0 Å². The van der Waals surface area contributed by atoms with Gasteiger partial charge in [-0.05, 0) is 42.0 Å². The van der Waals surface area contributed by atoms with Crippen LogP contribution in [0.5, 0.6) is 5.75 Å². The van der Waals surface area contributed by atoms with Crippen molar-refractivity contribution in [3.63, 3.8) is 0 Å². The molecule has 2 N–H and O–H groups in total. The molecule has 0 fully saturated rings. The van der Waals surface area contributed by atoms with Gasteiger partial charge in [-0.15, -0.1) is 0 Å². The monoisotopic (exact) mass is 304 g/mol. The molecule has 2 rings (SSSR count). The molecule has 1 aromatic rings. The molecule has 0 saturated heterocycles. The van der Waals surface area contributed by atoms with E-state index in [0.29, 0.717) is 6.54 Å². The number of carbonyl (C=O) groups is 1. The second kappa shape index (κ2) is 7.63. The second-order valence-electron chi connectivity index (χ2n) is 6.20. The summed E-state index contributed by atoms with van der Waals surface area (Å²) >= 11 is 0. The van der Waals surface area contributed by atoms with Gasteiger partial charge < -0.3 is 15.4 Å². The molecule has 0 spiro atoms. The quantitative estimate of drug-likeness (QED) is 0.879. The minimum absolute atomic E-state index is 0.0753. The van der Waals surface area contributed by atoms with Crippen molar-refractivity contribution in [1.82, 2.24) is 4.90 Å². The first kappa shape index (κ1) is 16.8. The third-order valence-corrected chi connectivity index (χ3v) is 4.52. The fourth-order valence-corrected chi connectivity index (χ4v) is 2.74. The fourth-order valence-electron chi connectivity index (χ4n) is 2.74. The molecule has 1 aromatic carbocycles. The summed E-state index contributed by atoms with van der Waals surface area (Å²) in [5.41, 5.74) is 8.58. The van der Waals surface area contributed by atoms with E-state index >= 15 is 0 Å². The number of nitrogens with two attached hydrogens (primary N) is 1. The molecule has 4 nitrogen and oxygen atoms in total. The normalized spacial score (nSPS) is 16.8. The van der Waals surface area contributed by atoms with Crippen molar-refractivity contribution >= 4 is 5.91 Å². The van der Waals surface area contributed by atoms with Gasteiger partial charge in [0.25, 0.3) is 0 Å². The third-order valence-electron chi connectivity index (χ3n) is 4.52. The summed E-state index contributed by atoms with van der Waals surface area (Å²) in [5.74, 6) is 1.22. The standard InChI is InChI=1S/C18H28N2O2/c1-4-10-22-16-7-6-15-12-20(9-8-14(15)11-16)18(21)17(19)13(3)5-2/h6-7,11,13,17H,4-5,8-10,12,19H2,1-3H3. The van der Waals surface area contributed by atoms with Crippen LogP contribution >= 0.6 is 0 Å². The molecule has 1 amide bonds. The summed E-state index contributed by atoms with van der Waals surface area (Å²) in [4.78, 5) is 14.4. The number of amides is 1. The second-order valence-corrected chi connectivity index (χ2v) is 6.20. The summed E-state index contributed by atoms with van der Waals surface area (Å²) < 4.78 is 5.68. The predicted molar refractivity (Wildman–Crippen MR) is 88.8 cm³/mol. The van der Waals surface area contributed by atoms with Gasteiger partial charge >= 0.3 is 0 Å². The van der Waals surface area contributed by atoms with Crippen LogP contribution in [-0.4, -0.2) is 30.0 Å². The summed E-state index contributed by atoms with van der Waals surface area (Å²) in [7, 11) is 0. The van der Waals surface area contributed by atoms with E-state index in [0.717, 1.165) is 38.2 Å². The van der Waals surface area contributed by atoms with Crippen LogP contribution in [0, 0.1) is 5.92 Å². The molecule has 0 aliphatic carbocycles. The number of carbonyl (C=O) groups excluding carboxylic acids is 1. The summed E-state index contributed by atoms with van der Waals surface area (Å²) in [6.45, 7) is 8.36. The smallest absolute Gasteiger partial charge is 0.240 e. The molecule has 1 aliphatic rings. The van der Waals surface area contributed by atoms with Crippen LogP contribution in [0.1, 0.15) is 44.7 Å². The SMILES string of the molecule is CCCOc1ccc2c(c1)CCN(C(=O)C(N)C(C)CC)C2. The summed E-state index contributed by atoms with van der Waals surface area (Å²) in [6, 6.07) is 5.80. The first-order valence-corrected chi connectivity index (χ1v) is 8.35. The Morgan fingerprint density at radius 3 is 2.82 bits per heavy atom. The van der Waals surface area contributed by atoms with E-state index in [1.54, 1.807) is 0 Å². The summed E-state index contributed by atoms with van der Waals surface area (Å²) in [5, 5.41) is 0. The number of hydrogen-bond acceptors (Lipinski definition) is 3. The average molecular weight is 304 g/mol. The Morgan fingerprint density at radius 1 is 1.36 bits per heavy atom. The number of benzene rings is 1. The van der Waals surface area contributed by atoms with Gasteiger partial charge in [-0.2, -0.15) is 0 Å². The number of hydrogen-bond donors (Lipinski definition) is 1. The highest BCUT2D eigenvalue weighted by atomic mass is 16.5. The van der Waals surface area contributed by atoms with E-state index in [-0.39, 0.29) is 11.8 Å². The largest absolute Gasteiger partial charge is 0.494 e. The van der Waals surface area contributed by atoms with E-state index in [2.05, 4.69) is 26.0 Å². The molecular weight excluding hydrogens is 276 g/mol. The Bertz CT molecular complexity index is 516. The molecule has 4 heteroatoms. The summed E-state index contributed by atoms with van der Waals surface area (Å²) in [6.07, 6.45) is 2.81. The molecule has 2 atom stereocenters. The molecule has 1 aliphatic heterocycles. The minimum Gasteiger partial charge on any atom is -0.494 e. The number of fused-ring (bicyclic) bond motifs is 1. The van der Waals surface area contributed by atoms with Crippen molar-refractivity contribution in [3.8, 4) is 5.75 Å². The van der Waals surface area contributed by atoms with E-state index in [1.807, 2.05) is 17.9 Å². The van der Waals surface area contributed by atoms with Gasteiger partial charge in [0.05, 0.1) is 12.6 Å². The lowest BCUT2D eigenvalue weighted by Gasteiger charge is -2.32. The van der Waals surface area contributed by atoms with Gasteiger partial charge in [0.1, 0.15) is 5.75 Å². The van der Waals surface area contributed by atoms with Gasteiger partial charge in [-0.1, -0.05) is 33.3 Å². The van der Waals surface area contributed by atoms with Crippen LogP contribution in [0.4, 0.5) is 0 Å². The minimum atomic E-state index is -0.390. The molecule has 22 heavy (non-hydrogen) atoms. The van der Waals surface area contributed by atoms with Gasteiger partial charge in [0, 0.05) is 13.1 Å². The maximum absolute atomic E-state index is 12.5. The zero-order valence-corrected chi connectivity index (χ0v) is 14.0. The van der Waals surface area contributed by atoms with Gasteiger partial charge in [-0.25, -0.2) is 0 Å². The lowest BCUT2D eigenvalue weighted by Crippen LogP contribution is -2.48. The van der Waals surface area contributed by atoms with E-state index in [9.17, 15) is 4.79 Å². The molecule has 1 heterocycles. The Morgan fingerprint density at radius 2 is 2.14 bits per heavy atom. The molecule has 2 unspecified atom stereocenters. The van der Waals surface area contributed by atoms with Crippen molar-refractivity contribution in [2.24, 2.45) is 11.7 Å². The van der Waals surface area contributed by atoms with E-state index < -0.39 is 6.04 Å². The molecule has 0 aromatic heterocycles. The highest BCUT2D eigenvalue weighted by Gasteiger charge is 2.27. The van der Waals surface area contributed by atoms with Crippen molar-refractivity contribution in [3.05, 3.63) is 29.3 Å². The molecule has 0 saturated carbocycles. The zero-order chi connectivity index (χ0) is 16.1. The number of nitrogens with zero attached hydrogens (tertiary/aromatic N) is 1. The van der Waals surface area contributed by atoms with Crippen LogP contribution in [0.15, 0.2) is 18.2 Å². The van der Waals surface area contributed by atoms with Crippen LogP contribution in [0.2, 0.25) is 0 Å². The van der Waals surface area contributed by atoms with Crippen molar-refractivity contribution in [2.75, 3.05) is 13.2 Å². The number of ether oxygens (including phenoxy) is 1. The number of rotatable bonds is 6. The molecule has 122 valence electrons. The Hall–Kier alpha value is -1.55. The first-order valence-electron chi connectivity index (χ1n) is 8.35. The van der Waals surface area contributed by atoms with Gasteiger partial charge in [0.15, 0.2) is 0 Å². The predicted octanol–water partition coefficient (Wildman–Crippen LogP) is 2.73. The first-order chi connectivity index (χ1) is 10.6. The highest BCUT2D eigenvalue weighted by molar-refractivity contribution is 5.82. The van der Waals surface area contributed by atoms with E-state index in [4.69, 9.17) is 10.5 Å². The average Bonchev–Trinajstić information content (AvgIpc) is 2.57. The van der Waals surface area contributed by atoms with Crippen LogP contribution in [-0.2, 0) is 17.8 Å². The van der Waals surface area contributed by atoms with Crippen molar-refractivity contribution in [1.29, 1.82) is 0 Å². The molecule has 0 radical (unpaired) electrons.